The number of aromatic hydroxyl groups is 2. The first-order valence-corrected chi connectivity index (χ1v) is 10.7. The number of rotatable bonds is 9. The van der Waals surface area contributed by atoms with E-state index >= 15 is 0 Å². The third kappa shape index (κ3) is 6.19. The van der Waals surface area contributed by atoms with E-state index in [2.05, 4.69) is 10.4 Å². The summed E-state index contributed by atoms with van der Waals surface area (Å²) in [5.41, 5.74) is 4.97. The molecule has 178 valence electrons. The van der Waals surface area contributed by atoms with E-state index in [0.29, 0.717) is 12.2 Å². The van der Waals surface area contributed by atoms with Gasteiger partial charge in [0.2, 0.25) is 5.91 Å². The van der Waals surface area contributed by atoms with Crippen LogP contribution in [-0.4, -0.2) is 41.2 Å². The fourth-order valence-electron chi connectivity index (χ4n) is 3.41. The van der Waals surface area contributed by atoms with E-state index < -0.39 is 11.6 Å². The number of para-hydroxylation sites is 1. The average molecular weight is 458 g/mol. The Morgan fingerprint density at radius 1 is 1.27 bits per heavy atom. The summed E-state index contributed by atoms with van der Waals surface area (Å²) in [5.74, 6) is 0.367. The number of phenolic OH excluding ortho intramolecular Hbond substituents is 1. The number of ether oxygens (including phenoxy) is 1. The van der Waals surface area contributed by atoms with Gasteiger partial charge in [0.1, 0.15) is 23.2 Å². The number of nitrogen functional groups attached to an aromatic ring is 1. The molecule has 3 aromatic rings. The molecule has 33 heavy (non-hydrogen) atoms. The minimum Gasteiger partial charge on any atom is -0.506 e. The highest BCUT2D eigenvalue weighted by Crippen LogP contribution is 2.37. The van der Waals surface area contributed by atoms with Gasteiger partial charge in [0, 0.05) is 18.3 Å². The summed E-state index contributed by atoms with van der Waals surface area (Å²) >= 11 is 0. The largest absolute Gasteiger partial charge is 0.506 e. The number of nitrogens with zero attached hydrogens (tertiary/aromatic N) is 3. The Morgan fingerprint density at radius 2 is 2.00 bits per heavy atom. The number of benzene rings is 1. The molecule has 3 rings (SSSR count). The first-order valence-electron chi connectivity index (χ1n) is 10.7. The average Bonchev–Trinajstić information content (AvgIpc) is 3.27. The number of nitrogens with one attached hydrogen (secondary N) is 1. The van der Waals surface area contributed by atoms with Crippen molar-refractivity contribution < 1.29 is 24.9 Å². The lowest BCUT2D eigenvalue weighted by atomic mass is 10.0. The number of anilines is 2. The summed E-state index contributed by atoms with van der Waals surface area (Å²) in [6.45, 7) is 7.57. The van der Waals surface area contributed by atoms with Gasteiger partial charge in [-0.3, -0.25) is 9.48 Å². The van der Waals surface area contributed by atoms with Crippen molar-refractivity contribution in [3.8, 4) is 23.1 Å². The van der Waals surface area contributed by atoms with E-state index in [9.17, 15) is 20.1 Å². The Balaban J connectivity index is 1.81. The highest BCUT2D eigenvalue weighted by atomic mass is 16.5. The van der Waals surface area contributed by atoms with Crippen molar-refractivity contribution >= 4 is 17.4 Å². The first-order chi connectivity index (χ1) is 15.4. The highest BCUT2D eigenvalue weighted by molar-refractivity contribution is 5.93. The van der Waals surface area contributed by atoms with Crippen molar-refractivity contribution in [2.45, 2.75) is 52.3 Å². The number of nitrogens with two attached hydrogens (primary N) is 1. The van der Waals surface area contributed by atoms with Crippen LogP contribution in [0.1, 0.15) is 40.2 Å². The summed E-state index contributed by atoms with van der Waals surface area (Å²) in [5, 5.41) is 37.3. The van der Waals surface area contributed by atoms with Gasteiger partial charge in [-0.15, -0.1) is 0 Å². The molecule has 6 N–H and O–H groups in total. The van der Waals surface area contributed by atoms with Crippen LogP contribution in [0.4, 0.5) is 11.5 Å². The number of hydrogen-bond acceptors (Lipinski definition) is 7. The van der Waals surface area contributed by atoms with E-state index in [-0.39, 0.29) is 47.2 Å². The zero-order valence-electron chi connectivity index (χ0n) is 19.2. The van der Waals surface area contributed by atoms with Gasteiger partial charge in [0.25, 0.3) is 0 Å². The van der Waals surface area contributed by atoms with E-state index in [1.807, 2.05) is 13.8 Å². The summed E-state index contributed by atoms with van der Waals surface area (Å²) in [6.07, 6.45) is 3.63. The van der Waals surface area contributed by atoms with Crippen LogP contribution < -0.4 is 15.8 Å². The standard InChI is InChI=1S/C23H31N5O5/c1-14(2)10-16(22(31)25-19-8-9-27(26-19)13-23(3,4)32)28-12-15(11-20(28)30)33-18-7-5-6-17(29)21(18)24/h5-9,11-12,14,16,29-30,32H,10,13,24H2,1-4H3,(H,25,26,31)/t16-/m0/s1. The molecule has 0 saturated carbocycles. The minimum absolute atomic E-state index is 0.0721. The van der Waals surface area contributed by atoms with Crippen molar-refractivity contribution in [1.82, 2.24) is 14.3 Å². The molecule has 1 atom stereocenters. The molecule has 0 aliphatic heterocycles. The number of aromatic nitrogens is 3. The van der Waals surface area contributed by atoms with Crippen LogP contribution in [0.5, 0.6) is 23.1 Å². The third-order valence-corrected chi connectivity index (χ3v) is 4.85. The lowest BCUT2D eigenvalue weighted by Crippen LogP contribution is -2.28. The number of phenols is 1. The summed E-state index contributed by atoms with van der Waals surface area (Å²) < 4.78 is 8.69. The van der Waals surface area contributed by atoms with Crippen molar-refractivity contribution in [1.29, 1.82) is 0 Å². The maximum Gasteiger partial charge on any atom is 0.248 e. The molecule has 10 nitrogen and oxygen atoms in total. The Labute approximate surface area is 192 Å². The van der Waals surface area contributed by atoms with E-state index in [0.717, 1.165) is 0 Å². The van der Waals surface area contributed by atoms with Crippen LogP contribution in [0.2, 0.25) is 0 Å². The van der Waals surface area contributed by atoms with E-state index in [4.69, 9.17) is 10.5 Å². The van der Waals surface area contributed by atoms with Crippen LogP contribution in [0.15, 0.2) is 42.7 Å². The first kappa shape index (κ1) is 24.0. The molecular formula is C23H31N5O5. The van der Waals surface area contributed by atoms with E-state index in [1.165, 1.54) is 22.9 Å². The van der Waals surface area contributed by atoms with Crippen LogP contribution in [0, 0.1) is 5.92 Å². The second kappa shape index (κ2) is 9.45. The molecule has 0 saturated heterocycles. The predicted molar refractivity (Wildman–Crippen MR) is 124 cm³/mol. The molecule has 0 unspecified atom stereocenters. The summed E-state index contributed by atoms with van der Waals surface area (Å²) in [6, 6.07) is 6.91. The highest BCUT2D eigenvalue weighted by Gasteiger charge is 2.26. The van der Waals surface area contributed by atoms with E-state index in [1.54, 1.807) is 42.9 Å². The number of carbonyl (C=O) groups excluding carboxylic acids is 1. The van der Waals surface area contributed by atoms with Gasteiger partial charge in [-0.1, -0.05) is 19.9 Å². The lowest BCUT2D eigenvalue weighted by Gasteiger charge is -2.20. The Hall–Kier alpha value is -3.66. The molecule has 0 fully saturated rings. The molecule has 0 bridgehead atoms. The molecule has 0 aliphatic carbocycles. The van der Waals surface area contributed by atoms with Crippen LogP contribution in [-0.2, 0) is 11.3 Å². The fourth-order valence-corrected chi connectivity index (χ4v) is 3.41. The van der Waals surface area contributed by atoms with Crippen LogP contribution in [0.3, 0.4) is 0 Å². The lowest BCUT2D eigenvalue weighted by molar-refractivity contribution is -0.119. The molecule has 2 aromatic heterocycles. The third-order valence-electron chi connectivity index (χ3n) is 4.85. The van der Waals surface area contributed by atoms with Gasteiger partial charge in [0.15, 0.2) is 17.4 Å². The van der Waals surface area contributed by atoms with Gasteiger partial charge in [-0.05, 0) is 38.3 Å². The number of carbonyl (C=O) groups is 1. The Kier molecular flexibility index (Phi) is 6.87. The van der Waals surface area contributed by atoms with Gasteiger partial charge in [0.05, 0.1) is 18.3 Å². The topological polar surface area (TPSA) is 148 Å². The maximum atomic E-state index is 13.1. The zero-order chi connectivity index (χ0) is 24.3. The smallest absolute Gasteiger partial charge is 0.248 e. The van der Waals surface area contributed by atoms with Gasteiger partial charge < -0.3 is 35.7 Å². The van der Waals surface area contributed by atoms with Gasteiger partial charge >= 0.3 is 0 Å². The Morgan fingerprint density at radius 3 is 2.67 bits per heavy atom. The van der Waals surface area contributed by atoms with Gasteiger partial charge in [-0.25, -0.2) is 0 Å². The second-order valence-corrected chi connectivity index (χ2v) is 9.08. The molecule has 0 radical (unpaired) electrons. The molecular weight excluding hydrogens is 426 g/mol. The van der Waals surface area contributed by atoms with Crippen molar-refractivity contribution in [3.63, 3.8) is 0 Å². The van der Waals surface area contributed by atoms with Gasteiger partial charge in [-0.2, -0.15) is 5.10 Å². The molecule has 10 heteroatoms. The van der Waals surface area contributed by atoms with Crippen LogP contribution in [0.25, 0.3) is 0 Å². The molecule has 0 spiro atoms. The maximum absolute atomic E-state index is 13.1. The quantitative estimate of drug-likeness (QED) is 0.244. The van der Waals surface area contributed by atoms with Crippen LogP contribution >= 0.6 is 0 Å². The normalized spacial score (nSPS) is 12.7. The van der Waals surface area contributed by atoms with Crippen molar-refractivity contribution in [2.24, 2.45) is 5.92 Å². The second-order valence-electron chi connectivity index (χ2n) is 9.08. The molecule has 0 aliphatic rings. The molecule has 1 amide bonds. The monoisotopic (exact) mass is 457 g/mol. The minimum atomic E-state index is -0.945. The number of hydrogen-bond donors (Lipinski definition) is 5. The zero-order valence-corrected chi connectivity index (χ0v) is 19.2. The fraction of sp³-hybridized carbons (Fsp3) is 0.391. The van der Waals surface area contributed by atoms with Crippen molar-refractivity contribution in [2.75, 3.05) is 11.1 Å². The SMILES string of the molecule is CC(C)C[C@@H](C(=O)Nc1ccn(CC(C)(C)O)n1)n1cc(Oc2cccc(O)c2N)cc1O. The Bertz CT molecular complexity index is 1110. The number of aliphatic hydroxyl groups is 1. The molecule has 2 heterocycles. The van der Waals surface area contributed by atoms with Crippen molar-refractivity contribution in [3.05, 3.63) is 42.7 Å². The summed E-state index contributed by atoms with van der Waals surface area (Å²) in [4.78, 5) is 13.1. The number of amides is 1. The summed E-state index contributed by atoms with van der Waals surface area (Å²) in [7, 11) is 0. The predicted octanol–water partition coefficient (Wildman–Crippen LogP) is 3.47. The molecule has 1 aromatic carbocycles.